The van der Waals surface area contributed by atoms with E-state index < -0.39 is 5.97 Å². The number of carbonyl (C=O) groups excluding carboxylic acids is 1. The summed E-state index contributed by atoms with van der Waals surface area (Å²) in [6.07, 6.45) is 1.97. The number of carboxylic acid groups (broad SMARTS) is 1. The number of benzene rings is 1. The lowest BCUT2D eigenvalue weighted by Crippen LogP contribution is -2.41. The van der Waals surface area contributed by atoms with E-state index in [4.69, 9.17) is 9.15 Å². The van der Waals surface area contributed by atoms with Crippen LogP contribution in [0.5, 0.6) is 5.75 Å². The van der Waals surface area contributed by atoms with Crippen LogP contribution in [0.1, 0.15) is 46.4 Å². The Morgan fingerprint density at radius 1 is 1.24 bits per heavy atom. The van der Waals surface area contributed by atoms with E-state index in [2.05, 4.69) is 0 Å². The molecule has 0 atom stereocenters. The molecule has 1 saturated heterocycles. The second-order valence-electron chi connectivity index (χ2n) is 6.03. The second kappa shape index (κ2) is 7.42. The molecule has 132 valence electrons. The van der Waals surface area contributed by atoms with Crippen LogP contribution in [0.2, 0.25) is 0 Å². The lowest BCUT2D eigenvalue weighted by Gasteiger charge is -2.31. The molecule has 2 aromatic rings. The summed E-state index contributed by atoms with van der Waals surface area (Å²) in [6, 6.07) is 11.0. The van der Waals surface area contributed by atoms with Crippen molar-refractivity contribution >= 4 is 11.9 Å². The molecule has 3 rings (SSSR count). The maximum Gasteiger partial charge on any atom is 0.339 e. The minimum absolute atomic E-state index is 0.0631. The number of amides is 1. The number of aromatic carboxylic acids is 1. The summed E-state index contributed by atoms with van der Waals surface area (Å²) in [5.41, 5.74) is 0.0631. The maximum absolute atomic E-state index is 12.6. The summed E-state index contributed by atoms with van der Waals surface area (Å²) in [7, 11) is 0. The number of piperidine rings is 1. The largest absolute Gasteiger partial charge is 0.490 e. The highest BCUT2D eigenvalue weighted by Crippen LogP contribution is 2.22. The number of hydrogen-bond acceptors (Lipinski definition) is 4. The van der Waals surface area contributed by atoms with Crippen molar-refractivity contribution < 1.29 is 23.8 Å². The number of para-hydroxylation sites is 1. The van der Waals surface area contributed by atoms with Crippen LogP contribution >= 0.6 is 0 Å². The molecule has 0 saturated carbocycles. The molecule has 1 aliphatic rings. The van der Waals surface area contributed by atoms with Crippen LogP contribution in [0, 0.1) is 0 Å². The second-order valence-corrected chi connectivity index (χ2v) is 6.03. The molecule has 0 unspecified atom stereocenters. The van der Waals surface area contributed by atoms with Crippen LogP contribution in [0.15, 0.2) is 40.8 Å². The number of aryl methyl sites for hydroxylation is 1. The molecular formula is C19H21NO5. The average Bonchev–Trinajstić information content (AvgIpc) is 3.07. The predicted molar refractivity (Wildman–Crippen MR) is 91.0 cm³/mol. The first-order valence-electron chi connectivity index (χ1n) is 8.45. The van der Waals surface area contributed by atoms with Gasteiger partial charge in [-0.05, 0) is 12.1 Å². The minimum Gasteiger partial charge on any atom is -0.490 e. The molecule has 1 fully saturated rings. The highest BCUT2D eigenvalue weighted by Gasteiger charge is 2.28. The molecule has 1 aromatic carbocycles. The standard InChI is InChI=1S/C19H21NO5/c1-2-16-15(19(22)23)12-17(25-16)18(21)20-10-8-14(9-11-20)24-13-6-4-3-5-7-13/h3-7,12,14H,2,8-11H2,1H3,(H,22,23). The van der Waals surface area contributed by atoms with Crippen molar-refractivity contribution in [3.63, 3.8) is 0 Å². The Bertz CT molecular complexity index is 744. The summed E-state index contributed by atoms with van der Waals surface area (Å²) in [6.45, 7) is 2.91. The number of nitrogens with zero attached hydrogens (tertiary/aromatic N) is 1. The number of furan rings is 1. The average molecular weight is 343 g/mol. The molecule has 2 heterocycles. The zero-order valence-corrected chi connectivity index (χ0v) is 14.1. The van der Waals surface area contributed by atoms with Crippen molar-refractivity contribution in [3.8, 4) is 5.75 Å². The monoisotopic (exact) mass is 343 g/mol. The Kier molecular flexibility index (Phi) is 5.07. The summed E-state index contributed by atoms with van der Waals surface area (Å²) in [5, 5.41) is 9.18. The van der Waals surface area contributed by atoms with E-state index in [0.717, 1.165) is 18.6 Å². The molecule has 25 heavy (non-hydrogen) atoms. The van der Waals surface area contributed by atoms with Gasteiger partial charge < -0.3 is 19.2 Å². The predicted octanol–water partition coefficient (Wildman–Crippen LogP) is 3.22. The van der Waals surface area contributed by atoms with Gasteiger partial charge in [0.25, 0.3) is 5.91 Å². The van der Waals surface area contributed by atoms with Crippen LogP contribution in [0.4, 0.5) is 0 Å². The third-order valence-corrected chi connectivity index (χ3v) is 4.35. The number of rotatable bonds is 5. The van der Waals surface area contributed by atoms with Gasteiger partial charge in [0.15, 0.2) is 5.76 Å². The number of hydrogen-bond donors (Lipinski definition) is 1. The summed E-state index contributed by atoms with van der Waals surface area (Å²) in [4.78, 5) is 25.5. The highest BCUT2D eigenvalue weighted by atomic mass is 16.5. The molecule has 6 nitrogen and oxygen atoms in total. The van der Waals surface area contributed by atoms with Gasteiger partial charge in [0.1, 0.15) is 23.2 Å². The van der Waals surface area contributed by atoms with Gasteiger partial charge in [-0.1, -0.05) is 25.1 Å². The van der Waals surface area contributed by atoms with E-state index in [1.165, 1.54) is 6.07 Å². The van der Waals surface area contributed by atoms with Gasteiger partial charge in [0.2, 0.25) is 0 Å². The smallest absolute Gasteiger partial charge is 0.339 e. The van der Waals surface area contributed by atoms with E-state index in [0.29, 0.717) is 25.3 Å². The Balaban J connectivity index is 1.61. The van der Waals surface area contributed by atoms with Gasteiger partial charge in [-0.25, -0.2) is 4.79 Å². The Morgan fingerprint density at radius 2 is 1.92 bits per heavy atom. The quantitative estimate of drug-likeness (QED) is 0.901. The fourth-order valence-electron chi connectivity index (χ4n) is 3.00. The van der Waals surface area contributed by atoms with Crippen molar-refractivity contribution in [2.45, 2.75) is 32.3 Å². The van der Waals surface area contributed by atoms with Gasteiger partial charge in [-0.3, -0.25) is 4.79 Å². The van der Waals surface area contributed by atoms with Crippen molar-refractivity contribution in [3.05, 3.63) is 53.5 Å². The van der Waals surface area contributed by atoms with E-state index >= 15 is 0 Å². The SMILES string of the molecule is CCc1oc(C(=O)N2CCC(Oc3ccccc3)CC2)cc1C(=O)O. The van der Waals surface area contributed by atoms with Crippen LogP contribution in [0.25, 0.3) is 0 Å². The lowest BCUT2D eigenvalue weighted by molar-refractivity contribution is 0.0564. The maximum atomic E-state index is 12.6. The molecule has 0 radical (unpaired) electrons. The first-order valence-corrected chi connectivity index (χ1v) is 8.45. The van der Waals surface area contributed by atoms with Crippen molar-refractivity contribution in [2.75, 3.05) is 13.1 Å². The Morgan fingerprint density at radius 3 is 2.48 bits per heavy atom. The summed E-state index contributed by atoms with van der Waals surface area (Å²) < 4.78 is 11.4. The minimum atomic E-state index is -1.07. The number of ether oxygens (including phenoxy) is 1. The summed E-state index contributed by atoms with van der Waals surface area (Å²) >= 11 is 0. The van der Waals surface area contributed by atoms with Gasteiger partial charge in [-0.2, -0.15) is 0 Å². The van der Waals surface area contributed by atoms with E-state index in [1.54, 1.807) is 11.8 Å². The number of likely N-dealkylation sites (tertiary alicyclic amines) is 1. The molecule has 0 aliphatic carbocycles. The van der Waals surface area contributed by atoms with Crippen molar-refractivity contribution in [2.24, 2.45) is 0 Å². The zero-order valence-electron chi connectivity index (χ0n) is 14.1. The zero-order chi connectivity index (χ0) is 17.8. The summed E-state index contributed by atoms with van der Waals surface area (Å²) in [5.74, 6) is -0.0817. The van der Waals surface area contributed by atoms with E-state index in [1.807, 2.05) is 30.3 Å². The van der Waals surface area contributed by atoms with Crippen LogP contribution < -0.4 is 4.74 Å². The number of carbonyl (C=O) groups is 2. The molecule has 0 spiro atoms. The molecule has 6 heteroatoms. The van der Waals surface area contributed by atoms with Gasteiger partial charge in [0, 0.05) is 38.4 Å². The van der Waals surface area contributed by atoms with Crippen LogP contribution in [0.3, 0.4) is 0 Å². The first-order chi connectivity index (χ1) is 12.1. The van der Waals surface area contributed by atoms with Crippen molar-refractivity contribution in [1.29, 1.82) is 0 Å². The molecular weight excluding hydrogens is 322 g/mol. The van der Waals surface area contributed by atoms with Gasteiger partial charge in [0.05, 0.1) is 0 Å². The lowest BCUT2D eigenvalue weighted by atomic mass is 10.1. The highest BCUT2D eigenvalue weighted by molar-refractivity contribution is 5.96. The van der Waals surface area contributed by atoms with Gasteiger partial charge in [-0.15, -0.1) is 0 Å². The molecule has 1 N–H and O–H groups in total. The van der Waals surface area contributed by atoms with E-state index in [-0.39, 0.29) is 23.3 Å². The van der Waals surface area contributed by atoms with Crippen LogP contribution in [-0.2, 0) is 6.42 Å². The molecule has 0 bridgehead atoms. The third kappa shape index (κ3) is 3.84. The first kappa shape index (κ1) is 17.1. The Hall–Kier alpha value is -2.76. The number of carboxylic acids is 1. The van der Waals surface area contributed by atoms with Gasteiger partial charge >= 0.3 is 5.97 Å². The Labute approximate surface area is 146 Å². The molecule has 1 aromatic heterocycles. The van der Waals surface area contributed by atoms with E-state index in [9.17, 15) is 14.7 Å². The van der Waals surface area contributed by atoms with Crippen molar-refractivity contribution in [1.82, 2.24) is 4.90 Å². The molecule has 1 amide bonds. The topological polar surface area (TPSA) is 80.0 Å². The normalized spacial score (nSPS) is 15.2. The van der Waals surface area contributed by atoms with Crippen LogP contribution in [-0.4, -0.2) is 41.1 Å². The fourth-order valence-corrected chi connectivity index (χ4v) is 3.00. The molecule has 1 aliphatic heterocycles. The fraction of sp³-hybridized carbons (Fsp3) is 0.368. The third-order valence-electron chi connectivity index (χ3n) is 4.35.